The molecule has 1 atom stereocenters. The van der Waals surface area contributed by atoms with E-state index in [2.05, 4.69) is 4.74 Å². The third-order valence-electron chi connectivity index (χ3n) is 4.27. The maximum absolute atomic E-state index is 14.3. The first-order valence-corrected chi connectivity index (χ1v) is 8.32. The molecule has 0 radical (unpaired) electrons. The molecule has 23 heavy (non-hydrogen) atoms. The quantitative estimate of drug-likeness (QED) is 0.728. The molecule has 1 aromatic rings. The van der Waals surface area contributed by atoms with E-state index in [-0.39, 0.29) is 17.7 Å². The van der Waals surface area contributed by atoms with Gasteiger partial charge in [-0.05, 0) is 61.1 Å². The minimum atomic E-state index is -3.40. The molecular weight excluding hydrogens is 303 g/mol. The van der Waals surface area contributed by atoms with E-state index in [0.29, 0.717) is 24.8 Å². The summed E-state index contributed by atoms with van der Waals surface area (Å²) in [6.45, 7) is 4.28. The molecule has 2 rings (SSSR count). The molecule has 0 amide bonds. The monoisotopic (exact) mass is 329 g/mol. The van der Waals surface area contributed by atoms with Crippen molar-refractivity contribution in [3.63, 3.8) is 0 Å². The second-order valence-corrected chi connectivity index (χ2v) is 6.96. The van der Waals surface area contributed by atoms with E-state index in [1.165, 1.54) is 18.9 Å². The predicted molar refractivity (Wildman–Crippen MR) is 85.4 cm³/mol. The number of hydrogen-bond acceptors (Lipinski definition) is 2. The highest BCUT2D eigenvalue weighted by atomic mass is 19.3. The van der Waals surface area contributed by atoms with Gasteiger partial charge in [0.15, 0.2) is 11.6 Å². The Morgan fingerprint density at radius 3 is 2.48 bits per heavy atom. The largest absolute Gasteiger partial charge is 0.430 e. The standard InChI is InChI=1S/C18H26F3NO/c1-11(2)14-9-12(5-4-6-15(22)13-7-8-13)10-16(17(14)19)23-18(3,20)21/h9-11,13,15H,4-8,22H2,1-3H3/t15-/m1/s1. The second kappa shape index (κ2) is 7.12. The van der Waals surface area contributed by atoms with Crippen LogP contribution in [0.3, 0.4) is 0 Å². The van der Waals surface area contributed by atoms with E-state index in [0.717, 1.165) is 18.4 Å². The molecule has 0 saturated heterocycles. The Bertz CT molecular complexity index is 536. The molecular formula is C18H26F3NO. The minimum Gasteiger partial charge on any atom is -0.430 e. The normalized spacial score (nSPS) is 16.7. The number of hydrogen-bond donors (Lipinski definition) is 1. The Labute approximate surface area is 136 Å². The summed E-state index contributed by atoms with van der Waals surface area (Å²) in [6, 6.07) is 3.36. The van der Waals surface area contributed by atoms with Crippen LogP contribution in [0.1, 0.15) is 63.5 Å². The topological polar surface area (TPSA) is 35.2 Å². The van der Waals surface area contributed by atoms with Crippen molar-refractivity contribution in [2.24, 2.45) is 11.7 Å². The van der Waals surface area contributed by atoms with E-state index in [1.54, 1.807) is 6.07 Å². The van der Waals surface area contributed by atoms with Crippen molar-refractivity contribution in [1.29, 1.82) is 0 Å². The molecule has 0 bridgehead atoms. The molecule has 1 fully saturated rings. The zero-order valence-corrected chi connectivity index (χ0v) is 14.0. The Balaban J connectivity index is 2.10. The summed E-state index contributed by atoms with van der Waals surface area (Å²) in [7, 11) is 0. The highest BCUT2D eigenvalue weighted by Gasteiger charge is 2.28. The SMILES string of the molecule is CC(C)c1cc(CCC[C@@H](N)C2CC2)cc(OC(C)(F)F)c1F. The van der Waals surface area contributed by atoms with Gasteiger partial charge < -0.3 is 10.5 Å². The van der Waals surface area contributed by atoms with E-state index < -0.39 is 11.9 Å². The van der Waals surface area contributed by atoms with Gasteiger partial charge in [0.05, 0.1) is 0 Å². The number of nitrogens with two attached hydrogens (primary N) is 1. The van der Waals surface area contributed by atoms with Crippen LogP contribution in [0.25, 0.3) is 0 Å². The van der Waals surface area contributed by atoms with E-state index in [9.17, 15) is 13.2 Å². The van der Waals surface area contributed by atoms with Crippen LogP contribution in [0, 0.1) is 11.7 Å². The van der Waals surface area contributed by atoms with Crippen LogP contribution in [0.15, 0.2) is 12.1 Å². The molecule has 0 heterocycles. The number of rotatable bonds is 8. The van der Waals surface area contributed by atoms with Gasteiger partial charge in [-0.1, -0.05) is 19.9 Å². The molecule has 0 spiro atoms. The van der Waals surface area contributed by atoms with Gasteiger partial charge in [0.2, 0.25) is 0 Å². The first-order chi connectivity index (χ1) is 10.7. The highest BCUT2D eigenvalue weighted by Crippen LogP contribution is 2.34. The van der Waals surface area contributed by atoms with Gasteiger partial charge in [-0.15, -0.1) is 0 Å². The van der Waals surface area contributed by atoms with Gasteiger partial charge in [0.25, 0.3) is 0 Å². The maximum atomic E-state index is 14.3. The lowest BCUT2D eigenvalue weighted by molar-refractivity contribution is -0.160. The first kappa shape index (κ1) is 18.1. The van der Waals surface area contributed by atoms with Gasteiger partial charge in [-0.3, -0.25) is 0 Å². The summed E-state index contributed by atoms with van der Waals surface area (Å²) < 4.78 is 45.0. The second-order valence-electron chi connectivity index (χ2n) is 6.96. The average molecular weight is 329 g/mol. The molecule has 1 aromatic carbocycles. The number of benzene rings is 1. The lowest BCUT2D eigenvalue weighted by Gasteiger charge is -2.18. The molecule has 1 aliphatic rings. The van der Waals surface area contributed by atoms with Crippen molar-refractivity contribution in [3.8, 4) is 5.75 Å². The van der Waals surface area contributed by atoms with Crippen molar-refractivity contribution < 1.29 is 17.9 Å². The molecule has 2 nitrogen and oxygen atoms in total. The van der Waals surface area contributed by atoms with Crippen LogP contribution < -0.4 is 10.5 Å². The summed E-state index contributed by atoms with van der Waals surface area (Å²) in [4.78, 5) is 0. The molecule has 5 heteroatoms. The Morgan fingerprint density at radius 1 is 1.30 bits per heavy atom. The van der Waals surface area contributed by atoms with Crippen molar-refractivity contribution in [1.82, 2.24) is 0 Å². The maximum Gasteiger partial charge on any atom is 0.395 e. The number of halogens is 3. The van der Waals surface area contributed by atoms with Crippen LogP contribution in [0.4, 0.5) is 13.2 Å². The number of aryl methyl sites for hydroxylation is 1. The molecule has 1 aliphatic carbocycles. The third kappa shape index (κ3) is 5.41. The van der Waals surface area contributed by atoms with Crippen LogP contribution >= 0.6 is 0 Å². The summed E-state index contributed by atoms with van der Waals surface area (Å²) in [5.74, 6) is -0.520. The minimum absolute atomic E-state index is 0.100. The summed E-state index contributed by atoms with van der Waals surface area (Å²) >= 11 is 0. The Hall–Kier alpha value is -1.23. The van der Waals surface area contributed by atoms with Crippen molar-refractivity contribution in [2.45, 2.75) is 70.9 Å². The van der Waals surface area contributed by atoms with Crippen LogP contribution in [-0.2, 0) is 6.42 Å². The average Bonchev–Trinajstić information content (AvgIpc) is 3.24. The predicted octanol–water partition coefficient (Wildman–Crippen LogP) is 5.00. The van der Waals surface area contributed by atoms with Crippen LogP contribution in [0.2, 0.25) is 0 Å². The van der Waals surface area contributed by atoms with Gasteiger partial charge in [0.1, 0.15) is 0 Å². The van der Waals surface area contributed by atoms with Gasteiger partial charge >= 0.3 is 6.11 Å². The molecule has 130 valence electrons. The molecule has 1 saturated carbocycles. The zero-order chi connectivity index (χ0) is 17.2. The fraction of sp³-hybridized carbons (Fsp3) is 0.667. The van der Waals surface area contributed by atoms with Crippen LogP contribution in [-0.4, -0.2) is 12.2 Å². The highest BCUT2D eigenvalue weighted by molar-refractivity contribution is 5.38. The summed E-state index contributed by atoms with van der Waals surface area (Å²) in [5.41, 5.74) is 7.30. The number of alkyl halides is 2. The van der Waals surface area contributed by atoms with Crippen LogP contribution in [0.5, 0.6) is 5.75 Å². The molecule has 2 N–H and O–H groups in total. The molecule has 0 unspecified atom stereocenters. The fourth-order valence-corrected chi connectivity index (χ4v) is 2.81. The van der Waals surface area contributed by atoms with Gasteiger partial charge in [-0.25, -0.2) is 4.39 Å². The third-order valence-corrected chi connectivity index (χ3v) is 4.27. The lowest BCUT2D eigenvalue weighted by Crippen LogP contribution is -2.22. The van der Waals surface area contributed by atoms with Crippen molar-refractivity contribution >= 4 is 0 Å². The molecule has 0 aromatic heterocycles. The lowest BCUT2D eigenvalue weighted by atomic mass is 9.96. The smallest absolute Gasteiger partial charge is 0.395 e. The van der Waals surface area contributed by atoms with E-state index in [4.69, 9.17) is 5.73 Å². The molecule has 0 aliphatic heterocycles. The zero-order valence-electron chi connectivity index (χ0n) is 14.0. The van der Waals surface area contributed by atoms with Gasteiger partial charge in [-0.2, -0.15) is 8.78 Å². The summed E-state index contributed by atoms with van der Waals surface area (Å²) in [5, 5.41) is 0. The van der Waals surface area contributed by atoms with Crippen molar-refractivity contribution in [3.05, 3.63) is 29.1 Å². The summed E-state index contributed by atoms with van der Waals surface area (Å²) in [6.07, 6.45) is 1.47. The van der Waals surface area contributed by atoms with E-state index >= 15 is 0 Å². The van der Waals surface area contributed by atoms with Gasteiger partial charge in [0, 0.05) is 13.0 Å². The fourth-order valence-electron chi connectivity index (χ4n) is 2.81. The first-order valence-electron chi connectivity index (χ1n) is 8.32. The number of ether oxygens (including phenoxy) is 1. The van der Waals surface area contributed by atoms with E-state index in [1.807, 2.05) is 13.8 Å². The Kier molecular flexibility index (Phi) is 5.61. The van der Waals surface area contributed by atoms with Crippen molar-refractivity contribution in [2.75, 3.05) is 0 Å². The Morgan fingerprint density at radius 2 is 1.96 bits per heavy atom.